The summed E-state index contributed by atoms with van der Waals surface area (Å²) in [5.41, 5.74) is 2.49. The van der Waals surface area contributed by atoms with Gasteiger partial charge >= 0.3 is 5.97 Å². The highest BCUT2D eigenvalue weighted by atomic mass is 19.1. The standard InChI is InChI=1S/C35H45FN6O6/c1-3-30-34(31-13-14-37-24-40-31)42(2)32(41-30)22-38-27-10-7-9-25(19-27)35(45)39-21-26-20-28(11-12-29(26)36)48-18-6-4-5-15-46-16-8-17-47-23-33(43)44/h7,9-14,19-20,24,30,34,38H,3-6,8,15-18,21-23H2,1-2H3,(H,39,45)(H,43,44). The molecule has 3 N–H and O–H groups in total. The van der Waals surface area contributed by atoms with E-state index in [-0.39, 0.29) is 31.1 Å². The van der Waals surface area contributed by atoms with Crippen molar-refractivity contribution in [3.05, 3.63) is 83.7 Å². The number of unbranched alkanes of at least 4 members (excludes halogenated alkanes) is 2. The average molecular weight is 665 g/mol. The Morgan fingerprint density at radius 2 is 1.79 bits per heavy atom. The van der Waals surface area contributed by atoms with Crippen LogP contribution in [0.5, 0.6) is 5.75 Å². The lowest BCUT2D eigenvalue weighted by Gasteiger charge is -2.26. The molecule has 2 heterocycles. The van der Waals surface area contributed by atoms with Crippen LogP contribution in [0.3, 0.4) is 0 Å². The van der Waals surface area contributed by atoms with Crippen LogP contribution in [-0.4, -0.2) is 90.4 Å². The molecular formula is C35H45FN6O6. The summed E-state index contributed by atoms with van der Waals surface area (Å²) in [6.45, 7) is 4.28. The molecule has 0 bridgehead atoms. The van der Waals surface area contributed by atoms with E-state index in [0.29, 0.717) is 56.3 Å². The molecule has 48 heavy (non-hydrogen) atoms. The van der Waals surface area contributed by atoms with Crippen molar-refractivity contribution in [3.8, 4) is 5.75 Å². The number of nitrogens with one attached hydrogen (secondary N) is 2. The summed E-state index contributed by atoms with van der Waals surface area (Å²) >= 11 is 0. The Kier molecular flexibility index (Phi) is 14.5. The van der Waals surface area contributed by atoms with Crippen LogP contribution in [-0.2, 0) is 20.8 Å². The van der Waals surface area contributed by atoms with Crippen LogP contribution >= 0.6 is 0 Å². The normalized spacial score (nSPS) is 15.6. The van der Waals surface area contributed by atoms with Gasteiger partial charge in [-0.2, -0.15) is 0 Å². The number of carboxylic acids is 1. The molecule has 1 amide bonds. The first-order valence-corrected chi connectivity index (χ1v) is 16.3. The van der Waals surface area contributed by atoms with E-state index < -0.39 is 11.8 Å². The number of nitrogens with zero attached hydrogens (tertiary/aromatic N) is 4. The molecule has 0 spiro atoms. The van der Waals surface area contributed by atoms with Gasteiger partial charge in [0.25, 0.3) is 5.91 Å². The Labute approximate surface area is 280 Å². The number of aliphatic carboxylic acids is 1. The molecule has 1 aliphatic rings. The molecular weight excluding hydrogens is 619 g/mol. The molecule has 0 saturated heterocycles. The second kappa shape index (κ2) is 19.3. The predicted octanol–water partition coefficient (Wildman–Crippen LogP) is 4.88. The molecule has 4 rings (SSSR count). The van der Waals surface area contributed by atoms with Crippen molar-refractivity contribution in [3.63, 3.8) is 0 Å². The van der Waals surface area contributed by atoms with E-state index in [2.05, 4.69) is 32.4 Å². The predicted molar refractivity (Wildman–Crippen MR) is 180 cm³/mol. The average Bonchev–Trinajstić information content (AvgIpc) is 3.42. The van der Waals surface area contributed by atoms with Crippen LogP contribution in [0.4, 0.5) is 10.1 Å². The number of amides is 1. The number of rotatable bonds is 21. The Hall–Kier alpha value is -4.62. The fraction of sp³-hybridized carbons (Fsp3) is 0.457. The van der Waals surface area contributed by atoms with E-state index in [4.69, 9.17) is 24.3 Å². The maximum absolute atomic E-state index is 14.6. The second-order valence-electron chi connectivity index (χ2n) is 11.4. The molecule has 0 fully saturated rings. The van der Waals surface area contributed by atoms with Crippen molar-refractivity contribution >= 4 is 23.4 Å². The van der Waals surface area contributed by atoms with Gasteiger partial charge in [-0.15, -0.1) is 0 Å². The summed E-state index contributed by atoms with van der Waals surface area (Å²) in [5, 5.41) is 14.7. The van der Waals surface area contributed by atoms with Crippen molar-refractivity contribution in [1.82, 2.24) is 20.2 Å². The molecule has 0 saturated carbocycles. The number of halogens is 1. The van der Waals surface area contributed by atoms with Gasteiger partial charge in [-0.25, -0.2) is 19.2 Å². The minimum Gasteiger partial charge on any atom is -0.494 e. The van der Waals surface area contributed by atoms with Crippen molar-refractivity contribution < 1.29 is 33.3 Å². The Morgan fingerprint density at radius 3 is 2.58 bits per heavy atom. The number of amidine groups is 1. The zero-order valence-electron chi connectivity index (χ0n) is 27.6. The smallest absolute Gasteiger partial charge is 0.329 e. The first kappa shape index (κ1) is 36.2. The second-order valence-corrected chi connectivity index (χ2v) is 11.4. The van der Waals surface area contributed by atoms with Crippen molar-refractivity contribution in [1.29, 1.82) is 0 Å². The number of hydrogen-bond donors (Lipinski definition) is 3. The van der Waals surface area contributed by atoms with E-state index >= 15 is 0 Å². The minimum absolute atomic E-state index is 0.0165. The summed E-state index contributed by atoms with van der Waals surface area (Å²) in [6, 6.07) is 13.8. The molecule has 12 nitrogen and oxygen atoms in total. The monoisotopic (exact) mass is 664 g/mol. The number of ether oxygens (including phenoxy) is 3. The number of aromatic nitrogens is 2. The van der Waals surface area contributed by atoms with Gasteiger partial charge in [-0.3, -0.25) is 9.79 Å². The topological polar surface area (TPSA) is 148 Å². The van der Waals surface area contributed by atoms with E-state index in [9.17, 15) is 14.0 Å². The van der Waals surface area contributed by atoms with Crippen molar-refractivity contribution in [2.24, 2.45) is 4.99 Å². The maximum Gasteiger partial charge on any atom is 0.329 e. The maximum atomic E-state index is 14.6. The van der Waals surface area contributed by atoms with Gasteiger partial charge in [-0.05, 0) is 74.6 Å². The SMILES string of the molecule is CCC1N=C(CNc2cccc(C(=O)NCc3cc(OCCCCCOCCCOCC(=O)O)ccc3F)c2)N(C)C1c1ccncn1. The van der Waals surface area contributed by atoms with Crippen LogP contribution in [0.1, 0.15) is 66.7 Å². The first-order valence-electron chi connectivity index (χ1n) is 16.3. The Balaban J connectivity index is 1.17. The van der Waals surface area contributed by atoms with Crippen LogP contribution in [0, 0.1) is 5.82 Å². The molecule has 0 radical (unpaired) electrons. The largest absolute Gasteiger partial charge is 0.494 e. The quantitative estimate of drug-likeness (QED) is 0.135. The molecule has 13 heteroatoms. The summed E-state index contributed by atoms with van der Waals surface area (Å²) in [4.78, 5) is 38.9. The number of carbonyl (C=O) groups is 2. The van der Waals surface area contributed by atoms with Gasteiger partial charge in [0, 0.05) is 56.4 Å². The van der Waals surface area contributed by atoms with Gasteiger partial charge < -0.3 is 34.9 Å². The number of carbonyl (C=O) groups excluding carboxylic acids is 1. The third kappa shape index (κ3) is 11.3. The van der Waals surface area contributed by atoms with Crippen LogP contribution in [0.2, 0.25) is 0 Å². The van der Waals surface area contributed by atoms with Gasteiger partial charge in [0.2, 0.25) is 0 Å². The number of aliphatic imine (C=N–C) groups is 1. The fourth-order valence-corrected chi connectivity index (χ4v) is 5.33. The zero-order valence-corrected chi connectivity index (χ0v) is 27.6. The fourth-order valence-electron chi connectivity index (χ4n) is 5.33. The lowest BCUT2D eigenvalue weighted by atomic mass is 10.0. The summed E-state index contributed by atoms with van der Waals surface area (Å²) in [7, 11) is 2.01. The third-order valence-corrected chi connectivity index (χ3v) is 7.87. The molecule has 3 aromatic rings. The van der Waals surface area contributed by atoms with E-state index in [1.807, 2.05) is 19.2 Å². The van der Waals surface area contributed by atoms with Crippen molar-refractivity contribution in [2.45, 2.75) is 57.7 Å². The highest BCUT2D eigenvalue weighted by molar-refractivity contribution is 5.95. The van der Waals surface area contributed by atoms with Crippen LogP contribution in [0.25, 0.3) is 0 Å². The van der Waals surface area contributed by atoms with Gasteiger partial charge in [0.1, 0.15) is 30.3 Å². The lowest BCUT2D eigenvalue weighted by molar-refractivity contribution is -0.142. The molecule has 2 unspecified atom stereocenters. The minimum atomic E-state index is -0.979. The van der Waals surface area contributed by atoms with E-state index in [1.165, 1.54) is 6.07 Å². The third-order valence-electron chi connectivity index (χ3n) is 7.87. The van der Waals surface area contributed by atoms with Gasteiger partial charge in [0.05, 0.1) is 30.9 Å². The Bertz CT molecular complexity index is 1490. The Morgan fingerprint density at radius 1 is 0.979 bits per heavy atom. The molecule has 1 aromatic heterocycles. The van der Waals surface area contributed by atoms with Crippen LogP contribution < -0.4 is 15.4 Å². The lowest BCUT2D eigenvalue weighted by Crippen LogP contribution is -2.33. The molecule has 2 aromatic carbocycles. The molecule has 2 atom stereocenters. The number of likely N-dealkylation sites (N-methyl/N-ethyl adjacent to an activating group) is 1. The number of anilines is 1. The number of hydrogen-bond acceptors (Lipinski definition) is 10. The zero-order chi connectivity index (χ0) is 34.1. The molecule has 0 aliphatic carbocycles. The number of carboxylic acid groups (broad SMARTS) is 1. The summed E-state index contributed by atoms with van der Waals surface area (Å²) in [5.74, 6) is -0.273. The van der Waals surface area contributed by atoms with E-state index in [1.54, 1.807) is 42.9 Å². The summed E-state index contributed by atoms with van der Waals surface area (Å²) < 4.78 is 30.9. The van der Waals surface area contributed by atoms with Crippen LogP contribution in [0.15, 0.2) is 66.0 Å². The van der Waals surface area contributed by atoms with Crippen molar-refractivity contribution in [2.75, 3.05) is 51.9 Å². The number of benzene rings is 2. The molecule has 1 aliphatic heterocycles. The first-order chi connectivity index (χ1) is 23.4. The summed E-state index contributed by atoms with van der Waals surface area (Å²) in [6.07, 6.45) is 7.41. The highest BCUT2D eigenvalue weighted by Crippen LogP contribution is 2.31. The van der Waals surface area contributed by atoms with Gasteiger partial charge in [0.15, 0.2) is 0 Å². The van der Waals surface area contributed by atoms with E-state index in [0.717, 1.165) is 42.9 Å². The van der Waals surface area contributed by atoms with Gasteiger partial charge in [-0.1, -0.05) is 13.0 Å². The molecule has 258 valence electrons. The highest BCUT2D eigenvalue weighted by Gasteiger charge is 2.34.